The molecule has 1 fully saturated rings. The third kappa shape index (κ3) is 3.03. The van der Waals surface area contributed by atoms with Gasteiger partial charge in [-0.1, -0.05) is 30.3 Å². The second-order valence-corrected chi connectivity index (χ2v) is 5.23. The molecule has 0 amide bonds. The van der Waals surface area contributed by atoms with E-state index in [4.69, 9.17) is 0 Å². The first-order valence-electron chi connectivity index (χ1n) is 6.82. The van der Waals surface area contributed by atoms with Gasteiger partial charge in [0, 0.05) is 32.1 Å². The maximum Gasteiger partial charge on any atom is 0.108 e. The lowest BCUT2D eigenvalue weighted by Crippen LogP contribution is -2.50. The lowest BCUT2D eigenvalue weighted by Gasteiger charge is -2.30. The van der Waals surface area contributed by atoms with E-state index in [1.165, 1.54) is 5.56 Å². The largest absolute Gasteiger partial charge is 0.342 e. The summed E-state index contributed by atoms with van der Waals surface area (Å²) < 4.78 is 0. The van der Waals surface area contributed by atoms with Gasteiger partial charge in [0.05, 0.1) is 11.9 Å². The Labute approximate surface area is 113 Å². The molecule has 0 radical (unpaired) electrons. The third-order valence-corrected chi connectivity index (χ3v) is 3.61. The smallest absolute Gasteiger partial charge is 0.108 e. The van der Waals surface area contributed by atoms with Crippen LogP contribution in [0.15, 0.2) is 36.5 Å². The van der Waals surface area contributed by atoms with Crippen LogP contribution in [0, 0.1) is 0 Å². The zero-order chi connectivity index (χ0) is 13.1. The highest BCUT2D eigenvalue weighted by Crippen LogP contribution is 2.16. The number of benzene rings is 1. The van der Waals surface area contributed by atoms with Gasteiger partial charge in [0.25, 0.3) is 0 Å². The second kappa shape index (κ2) is 5.55. The summed E-state index contributed by atoms with van der Waals surface area (Å²) in [6.45, 7) is 3.28. The number of rotatable bonds is 3. The van der Waals surface area contributed by atoms with Gasteiger partial charge in [-0.2, -0.15) is 0 Å². The summed E-state index contributed by atoms with van der Waals surface area (Å²) in [6, 6.07) is 10.8. The molecule has 1 unspecified atom stereocenters. The number of nitrogens with zero attached hydrogens (tertiary/aromatic N) is 2. The number of likely N-dealkylation sites (N-methyl/N-ethyl adjacent to an activating group) is 1. The summed E-state index contributed by atoms with van der Waals surface area (Å²) in [5.41, 5.74) is 2.29. The minimum absolute atomic E-state index is 0.494. The predicted octanol–water partition coefficient (Wildman–Crippen LogP) is 1.52. The molecule has 4 nitrogen and oxygen atoms in total. The van der Waals surface area contributed by atoms with E-state index in [0.717, 1.165) is 37.6 Å². The first-order chi connectivity index (χ1) is 9.31. The van der Waals surface area contributed by atoms with Crippen molar-refractivity contribution >= 4 is 0 Å². The zero-order valence-electron chi connectivity index (χ0n) is 11.3. The van der Waals surface area contributed by atoms with Crippen LogP contribution in [0.4, 0.5) is 0 Å². The van der Waals surface area contributed by atoms with Crippen molar-refractivity contribution in [1.82, 2.24) is 20.2 Å². The molecule has 1 atom stereocenters. The molecule has 2 aromatic rings. The summed E-state index contributed by atoms with van der Waals surface area (Å²) in [4.78, 5) is 10.3. The molecule has 0 spiro atoms. The maximum atomic E-state index is 4.50. The van der Waals surface area contributed by atoms with E-state index >= 15 is 0 Å². The van der Waals surface area contributed by atoms with Crippen LogP contribution in [0.25, 0.3) is 11.3 Å². The standard InChI is InChI=1S/C15H20N4/c1-19-8-7-16-13(11-19)9-15-17-10-14(18-15)12-5-3-2-4-6-12/h2-6,10,13,16H,7-9,11H2,1H3,(H,17,18). The number of hydrogen-bond acceptors (Lipinski definition) is 3. The molecule has 100 valence electrons. The Balaban J connectivity index is 1.68. The van der Waals surface area contributed by atoms with Crippen LogP contribution in [0.2, 0.25) is 0 Å². The first kappa shape index (κ1) is 12.4. The van der Waals surface area contributed by atoms with Gasteiger partial charge in [0.2, 0.25) is 0 Å². The van der Waals surface area contributed by atoms with Crippen LogP contribution in [-0.4, -0.2) is 47.6 Å². The average Bonchev–Trinajstić information content (AvgIpc) is 2.88. The van der Waals surface area contributed by atoms with Crippen LogP contribution in [0.3, 0.4) is 0 Å². The van der Waals surface area contributed by atoms with Gasteiger partial charge < -0.3 is 15.2 Å². The second-order valence-electron chi connectivity index (χ2n) is 5.23. The quantitative estimate of drug-likeness (QED) is 0.875. The van der Waals surface area contributed by atoms with Crippen molar-refractivity contribution in [2.75, 3.05) is 26.7 Å². The highest BCUT2D eigenvalue weighted by atomic mass is 15.2. The predicted molar refractivity (Wildman–Crippen MR) is 77.0 cm³/mol. The molecule has 1 aromatic heterocycles. The van der Waals surface area contributed by atoms with Gasteiger partial charge in [-0.3, -0.25) is 0 Å². The zero-order valence-corrected chi connectivity index (χ0v) is 11.3. The Kier molecular flexibility index (Phi) is 3.62. The molecule has 0 saturated carbocycles. The van der Waals surface area contributed by atoms with Crippen molar-refractivity contribution in [1.29, 1.82) is 0 Å². The number of hydrogen-bond donors (Lipinski definition) is 2. The molecule has 2 heterocycles. The molecular formula is C15H20N4. The lowest BCUT2D eigenvalue weighted by molar-refractivity contribution is 0.236. The minimum atomic E-state index is 0.494. The molecule has 1 saturated heterocycles. The van der Waals surface area contributed by atoms with Crippen LogP contribution in [0.1, 0.15) is 5.82 Å². The molecule has 2 N–H and O–H groups in total. The van der Waals surface area contributed by atoms with Crippen molar-refractivity contribution in [2.24, 2.45) is 0 Å². The summed E-state index contributed by atoms with van der Waals surface area (Å²) >= 11 is 0. The Morgan fingerprint density at radius 1 is 1.32 bits per heavy atom. The molecular weight excluding hydrogens is 236 g/mol. The summed E-state index contributed by atoms with van der Waals surface area (Å²) in [7, 11) is 2.17. The molecule has 1 aromatic carbocycles. The minimum Gasteiger partial charge on any atom is -0.342 e. The van der Waals surface area contributed by atoms with Gasteiger partial charge in [0.1, 0.15) is 5.82 Å². The third-order valence-electron chi connectivity index (χ3n) is 3.61. The number of piperazine rings is 1. The fourth-order valence-corrected chi connectivity index (χ4v) is 2.59. The number of aromatic amines is 1. The number of imidazole rings is 1. The van der Waals surface area contributed by atoms with E-state index in [-0.39, 0.29) is 0 Å². The van der Waals surface area contributed by atoms with Crippen molar-refractivity contribution < 1.29 is 0 Å². The van der Waals surface area contributed by atoms with E-state index in [9.17, 15) is 0 Å². The van der Waals surface area contributed by atoms with E-state index < -0.39 is 0 Å². The van der Waals surface area contributed by atoms with Gasteiger partial charge in [-0.25, -0.2) is 4.98 Å². The van der Waals surface area contributed by atoms with Gasteiger partial charge >= 0.3 is 0 Å². The number of aromatic nitrogens is 2. The van der Waals surface area contributed by atoms with Crippen molar-refractivity contribution in [3.63, 3.8) is 0 Å². The Morgan fingerprint density at radius 3 is 2.95 bits per heavy atom. The number of H-pyrrole nitrogens is 1. The first-order valence-corrected chi connectivity index (χ1v) is 6.82. The summed E-state index contributed by atoms with van der Waals surface area (Å²) in [5.74, 6) is 1.06. The normalized spacial score (nSPS) is 20.6. The molecule has 3 rings (SSSR count). The van der Waals surface area contributed by atoms with Gasteiger partial charge in [-0.15, -0.1) is 0 Å². The molecule has 1 aliphatic rings. The van der Waals surface area contributed by atoms with Crippen LogP contribution in [0.5, 0.6) is 0 Å². The fourth-order valence-electron chi connectivity index (χ4n) is 2.59. The lowest BCUT2D eigenvalue weighted by atomic mass is 10.1. The SMILES string of the molecule is CN1CCNC(Cc2ncc(-c3ccccc3)[nH]2)C1. The van der Waals surface area contributed by atoms with Crippen LogP contribution in [-0.2, 0) is 6.42 Å². The highest BCUT2D eigenvalue weighted by molar-refractivity contribution is 5.57. The van der Waals surface area contributed by atoms with E-state index in [1.807, 2.05) is 24.4 Å². The summed E-state index contributed by atoms with van der Waals surface area (Å²) in [5, 5.41) is 3.55. The van der Waals surface area contributed by atoms with Crippen molar-refractivity contribution in [3.05, 3.63) is 42.4 Å². The summed E-state index contributed by atoms with van der Waals surface area (Å²) in [6.07, 6.45) is 2.88. The van der Waals surface area contributed by atoms with Crippen LogP contribution >= 0.6 is 0 Å². The number of nitrogens with one attached hydrogen (secondary N) is 2. The van der Waals surface area contributed by atoms with Gasteiger partial charge in [0.15, 0.2) is 0 Å². The molecule has 1 aliphatic heterocycles. The monoisotopic (exact) mass is 256 g/mol. The van der Waals surface area contributed by atoms with E-state index in [1.54, 1.807) is 0 Å². The average molecular weight is 256 g/mol. The highest BCUT2D eigenvalue weighted by Gasteiger charge is 2.17. The molecule has 4 heteroatoms. The van der Waals surface area contributed by atoms with Crippen molar-refractivity contribution in [3.8, 4) is 11.3 Å². The maximum absolute atomic E-state index is 4.50. The Morgan fingerprint density at radius 2 is 2.16 bits per heavy atom. The molecule has 0 aliphatic carbocycles. The fraction of sp³-hybridized carbons (Fsp3) is 0.400. The topological polar surface area (TPSA) is 44.0 Å². The Bertz CT molecular complexity index is 520. The van der Waals surface area contributed by atoms with E-state index in [0.29, 0.717) is 6.04 Å². The van der Waals surface area contributed by atoms with Gasteiger partial charge in [-0.05, 0) is 12.6 Å². The van der Waals surface area contributed by atoms with E-state index in [2.05, 4.69) is 39.4 Å². The Hall–Kier alpha value is -1.65. The van der Waals surface area contributed by atoms with Crippen LogP contribution < -0.4 is 5.32 Å². The van der Waals surface area contributed by atoms with Crippen molar-refractivity contribution in [2.45, 2.75) is 12.5 Å². The molecule has 19 heavy (non-hydrogen) atoms. The molecule has 0 bridgehead atoms.